The van der Waals surface area contributed by atoms with Gasteiger partial charge in [-0.1, -0.05) is 31.2 Å². The van der Waals surface area contributed by atoms with Gasteiger partial charge >= 0.3 is 0 Å². The molecule has 0 saturated heterocycles. The van der Waals surface area contributed by atoms with Crippen LogP contribution in [0.15, 0.2) is 42.5 Å². The molecule has 0 heterocycles. The third-order valence-corrected chi connectivity index (χ3v) is 4.17. The van der Waals surface area contributed by atoms with Crippen molar-refractivity contribution >= 4 is 46.0 Å². The number of hydrogen-bond acceptors (Lipinski definition) is 2. The van der Waals surface area contributed by atoms with Crippen LogP contribution in [-0.2, 0) is 6.42 Å². The van der Waals surface area contributed by atoms with Crippen LogP contribution >= 0.6 is 24.4 Å². The number of benzene rings is 2. The average Bonchev–Trinajstić information content (AvgIpc) is 2.58. The quantitative estimate of drug-likeness (QED) is 0.490. The van der Waals surface area contributed by atoms with E-state index >= 15 is 0 Å². The van der Waals surface area contributed by atoms with E-state index in [1.54, 1.807) is 0 Å². The topological polar surface area (TPSA) is 48.1 Å². The third kappa shape index (κ3) is 5.18. The summed E-state index contributed by atoms with van der Waals surface area (Å²) in [7, 11) is 0. The first-order chi connectivity index (χ1) is 11.5. The summed E-state index contributed by atoms with van der Waals surface area (Å²) in [5.74, 6) is 0. The van der Waals surface area contributed by atoms with Crippen LogP contribution in [0.25, 0.3) is 0 Å². The maximum absolute atomic E-state index is 5.28. The number of anilines is 2. The fourth-order valence-electron chi connectivity index (χ4n) is 2.14. The van der Waals surface area contributed by atoms with Gasteiger partial charge in [-0.2, -0.15) is 0 Å². The molecular weight excluding hydrogens is 336 g/mol. The Kier molecular flexibility index (Phi) is 6.52. The number of rotatable bonds is 3. The Bertz CT molecular complexity index is 726. The summed E-state index contributed by atoms with van der Waals surface area (Å²) in [5.41, 5.74) is 11.3. The zero-order valence-electron chi connectivity index (χ0n) is 14.1. The Morgan fingerprint density at radius 3 is 2.12 bits per heavy atom. The van der Waals surface area contributed by atoms with E-state index in [4.69, 9.17) is 24.4 Å². The lowest BCUT2D eigenvalue weighted by Gasteiger charge is -2.16. The predicted octanol–water partition coefficient (Wildman–Crippen LogP) is 4.05. The van der Waals surface area contributed by atoms with Gasteiger partial charge in [0.2, 0.25) is 0 Å². The zero-order chi connectivity index (χ0) is 17.5. The van der Waals surface area contributed by atoms with Crippen LogP contribution in [0.5, 0.6) is 0 Å². The lowest BCUT2D eigenvalue weighted by Crippen LogP contribution is -2.45. The van der Waals surface area contributed by atoms with Gasteiger partial charge in [-0.3, -0.25) is 10.9 Å². The third-order valence-electron chi connectivity index (χ3n) is 3.76. The summed E-state index contributed by atoms with van der Waals surface area (Å²) in [5, 5.41) is 7.16. The van der Waals surface area contributed by atoms with Gasteiger partial charge in [0.1, 0.15) is 0 Å². The number of thiocarbonyl (C=S) groups is 2. The Morgan fingerprint density at radius 1 is 0.875 bits per heavy atom. The summed E-state index contributed by atoms with van der Waals surface area (Å²) in [6.45, 7) is 6.25. The highest BCUT2D eigenvalue weighted by Gasteiger charge is 2.03. The highest BCUT2D eigenvalue weighted by Crippen LogP contribution is 2.17. The highest BCUT2D eigenvalue weighted by molar-refractivity contribution is 7.81. The van der Waals surface area contributed by atoms with E-state index in [9.17, 15) is 0 Å². The highest BCUT2D eigenvalue weighted by atomic mass is 32.1. The van der Waals surface area contributed by atoms with Gasteiger partial charge in [-0.05, 0) is 79.6 Å². The molecule has 4 nitrogen and oxygen atoms in total. The Balaban J connectivity index is 1.82. The molecule has 0 bridgehead atoms. The van der Waals surface area contributed by atoms with E-state index in [-0.39, 0.29) is 0 Å². The van der Waals surface area contributed by atoms with Crippen LogP contribution in [0.3, 0.4) is 0 Å². The van der Waals surface area contributed by atoms with Gasteiger partial charge < -0.3 is 10.6 Å². The first-order valence-electron chi connectivity index (χ1n) is 7.78. The van der Waals surface area contributed by atoms with Gasteiger partial charge in [0.25, 0.3) is 0 Å². The molecule has 0 atom stereocenters. The van der Waals surface area contributed by atoms with Crippen molar-refractivity contribution in [1.29, 1.82) is 0 Å². The molecule has 0 unspecified atom stereocenters. The van der Waals surface area contributed by atoms with Crippen LogP contribution < -0.4 is 21.5 Å². The summed E-state index contributed by atoms with van der Waals surface area (Å²) < 4.78 is 0. The standard InChI is InChI=1S/C18H22N4S2/c1-4-14-8-10-15(11-9-14)19-17(23)21-22-18(24)20-16-7-5-6-12(2)13(16)3/h5-11H,4H2,1-3H3,(H2,19,21,23)(H2,20,22,24). The monoisotopic (exact) mass is 358 g/mol. The molecule has 0 aliphatic heterocycles. The normalized spacial score (nSPS) is 9.96. The van der Waals surface area contributed by atoms with Gasteiger partial charge in [-0.25, -0.2) is 0 Å². The lowest BCUT2D eigenvalue weighted by atomic mass is 10.1. The molecule has 24 heavy (non-hydrogen) atoms. The molecule has 0 aromatic heterocycles. The Hall–Kier alpha value is -2.18. The molecule has 0 radical (unpaired) electrons. The molecular formula is C18H22N4S2. The minimum absolute atomic E-state index is 0.448. The molecule has 2 aromatic rings. The average molecular weight is 359 g/mol. The van der Waals surface area contributed by atoms with Crippen LogP contribution in [0.4, 0.5) is 11.4 Å². The maximum atomic E-state index is 5.28. The van der Waals surface area contributed by atoms with Crippen molar-refractivity contribution in [2.75, 3.05) is 10.6 Å². The van der Waals surface area contributed by atoms with Crippen LogP contribution in [0, 0.1) is 13.8 Å². The van der Waals surface area contributed by atoms with Crippen molar-refractivity contribution < 1.29 is 0 Å². The summed E-state index contributed by atoms with van der Waals surface area (Å²) >= 11 is 10.5. The maximum Gasteiger partial charge on any atom is 0.189 e. The minimum atomic E-state index is 0.448. The van der Waals surface area contributed by atoms with Crippen LogP contribution in [-0.4, -0.2) is 10.2 Å². The van der Waals surface area contributed by atoms with Gasteiger partial charge in [-0.15, -0.1) is 0 Å². The van der Waals surface area contributed by atoms with E-state index in [0.29, 0.717) is 10.2 Å². The molecule has 126 valence electrons. The Labute approximate surface area is 154 Å². The van der Waals surface area contributed by atoms with Crippen molar-refractivity contribution in [3.05, 3.63) is 59.2 Å². The van der Waals surface area contributed by atoms with Crippen molar-refractivity contribution in [2.24, 2.45) is 0 Å². The van der Waals surface area contributed by atoms with Gasteiger partial charge in [0, 0.05) is 11.4 Å². The molecule has 0 fully saturated rings. The second-order valence-electron chi connectivity index (χ2n) is 5.46. The van der Waals surface area contributed by atoms with Crippen molar-refractivity contribution in [1.82, 2.24) is 10.9 Å². The van der Waals surface area contributed by atoms with Gasteiger partial charge in [0.05, 0.1) is 0 Å². The first-order valence-corrected chi connectivity index (χ1v) is 8.60. The number of hydrogen-bond donors (Lipinski definition) is 4. The van der Waals surface area contributed by atoms with E-state index in [1.807, 2.05) is 24.3 Å². The zero-order valence-corrected chi connectivity index (χ0v) is 15.7. The molecule has 2 rings (SSSR count). The molecule has 0 aliphatic rings. The second-order valence-corrected chi connectivity index (χ2v) is 6.27. The minimum Gasteiger partial charge on any atom is -0.331 e. The summed E-state index contributed by atoms with van der Waals surface area (Å²) in [4.78, 5) is 0. The van der Waals surface area contributed by atoms with Gasteiger partial charge in [0.15, 0.2) is 10.2 Å². The smallest absolute Gasteiger partial charge is 0.189 e. The molecule has 4 N–H and O–H groups in total. The predicted molar refractivity (Wildman–Crippen MR) is 110 cm³/mol. The largest absolute Gasteiger partial charge is 0.331 e. The van der Waals surface area contributed by atoms with Crippen LogP contribution in [0.2, 0.25) is 0 Å². The van der Waals surface area contributed by atoms with E-state index in [2.05, 4.69) is 60.5 Å². The lowest BCUT2D eigenvalue weighted by molar-refractivity contribution is 0.885. The van der Waals surface area contributed by atoms with E-state index in [0.717, 1.165) is 17.8 Å². The summed E-state index contributed by atoms with van der Waals surface area (Å²) in [6, 6.07) is 14.2. The fourth-order valence-corrected chi connectivity index (χ4v) is 2.47. The molecule has 0 aliphatic carbocycles. The molecule has 0 saturated carbocycles. The van der Waals surface area contributed by atoms with Crippen molar-refractivity contribution in [2.45, 2.75) is 27.2 Å². The number of nitrogens with one attached hydrogen (secondary N) is 4. The van der Waals surface area contributed by atoms with E-state index in [1.165, 1.54) is 16.7 Å². The number of hydrazine groups is 1. The van der Waals surface area contributed by atoms with Crippen molar-refractivity contribution in [3.63, 3.8) is 0 Å². The second kappa shape index (κ2) is 8.61. The molecule has 6 heteroatoms. The van der Waals surface area contributed by atoms with Crippen molar-refractivity contribution in [3.8, 4) is 0 Å². The fraction of sp³-hybridized carbons (Fsp3) is 0.222. The number of aryl methyl sites for hydroxylation is 2. The molecule has 0 spiro atoms. The Morgan fingerprint density at radius 2 is 1.50 bits per heavy atom. The molecule has 2 aromatic carbocycles. The summed E-state index contributed by atoms with van der Waals surface area (Å²) in [6.07, 6.45) is 1.02. The van der Waals surface area contributed by atoms with E-state index < -0.39 is 0 Å². The SMILES string of the molecule is CCc1ccc(NC(=S)NNC(=S)Nc2cccc(C)c2C)cc1. The first kappa shape index (κ1) is 18.2. The van der Waals surface area contributed by atoms with Crippen LogP contribution in [0.1, 0.15) is 23.6 Å². The molecule has 0 amide bonds.